The van der Waals surface area contributed by atoms with E-state index in [0.717, 1.165) is 6.07 Å². The number of anilines is 1. The molecule has 0 fully saturated rings. The van der Waals surface area contributed by atoms with E-state index >= 15 is 0 Å². The first-order chi connectivity index (χ1) is 8.56. The number of carbonyl (C=O) groups excluding carboxylic acids is 1. The van der Waals surface area contributed by atoms with Crippen molar-refractivity contribution in [1.29, 1.82) is 0 Å². The molecule has 1 aromatic rings. The molecular weight excluding hydrogens is 241 g/mol. The summed E-state index contributed by atoms with van der Waals surface area (Å²) in [5.41, 5.74) is -0.530. The van der Waals surface area contributed by atoms with Crippen LogP contribution < -0.4 is 10.6 Å². The molecule has 2 N–H and O–H groups in total. The average Bonchev–Trinajstić information content (AvgIpc) is 2.28. The third-order valence-electron chi connectivity index (χ3n) is 2.21. The summed E-state index contributed by atoms with van der Waals surface area (Å²) in [5.74, 6) is -1.06. The van der Waals surface area contributed by atoms with Gasteiger partial charge in [0.1, 0.15) is 5.69 Å². The van der Waals surface area contributed by atoms with E-state index in [2.05, 4.69) is 10.6 Å². The van der Waals surface area contributed by atoms with Gasteiger partial charge >= 0.3 is 5.69 Å². The number of halogens is 1. The lowest BCUT2D eigenvalue weighted by Crippen LogP contribution is -2.24. The molecule has 6 nitrogen and oxygen atoms in total. The lowest BCUT2D eigenvalue weighted by molar-refractivity contribution is -0.386. The van der Waals surface area contributed by atoms with Crippen molar-refractivity contribution in [2.45, 2.75) is 13.3 Å². The summed E-state index contributed by atoms with van der Waals surface area (Å²) < 4.78 is 13.2. The lowest BCUT2D eigenvalue weighted by Gasteiger charge is -2.07. The predicted octanol–water partition coefficient (Wildman–Crippen LogP) is 1.67. The molecule has 0 unspecified atom stereocenters. The fourth-order valence-electron chi connectivity index (χ4n) is 1.44. The molecule has 0 saturated carbocycles. The van der Waals surface area contributed by atoms with Gasteiger partial charge in [-0.25, -0.2) is 0 Å². The molecule has 1 rings (SSSR count). The van der Waals surface area contributed by atoms with Crippen LogP contribution in [0.3, 0.4) is 0 Å². The molecule has 0 bridgehead atoms. The van der Waals surface area contributed by atoms with Crippen LogP contribution >= 0.6 is 0 Å². The Morgan fingerprint density at radius 2 is 2.22 bits per heavy atom. The fourth-order valence-corrected chi connectivity index (χ4v) is 1.44. The molecule has 0 atom stereocenters. The second kappa shape index (κ2) is 6.53. The maximum Gasteiger partial charge on any atom is 0.327 e. The van der Waals surface area contributed by atoms with Gasteiger partial charge in [-0.1, -0.05) is 6.07 Å². The molecule has 0 aliphatic rings. The molecule has 0 spiro atoms. The van der Waals surface area contributed by atoms with Crippen LogP contribution in [-0.2, 0) is 4.79 Å². The van der Waals surface area contributed by atoms with E-state index in [1.807, 2.05) is 0 Å². The van der Waals surface area contributed by atoms with E-state index in [-0.39, 0.29) is 24.6 Å². The minimum atomic E-state index is -0.900. The van der Waals surface area contributed by atoms with Crippen molar-refractivity contribution in [3.8, 4) is 0 Å². The van der Waals surface area contributed by atoms with Gasteiger partial charge in [0.05, 0.1) is 4.92 Å². The number of para-hydroxylation sites is 1. The van der Waals surface area contributed by atoms with E-state index in [1.165, 1.54) is 12.1 Å². The fraction of sp³-hybridized carbons (Fsp3) is 0.364. The Morgan fingerprint density at radius 1 is 1.50 bits per heavy atom. The molecule has 0 aromatic heterocycles. The van der Waals surface area contributed by atoms with Crippen LogP contribution in [0.1, 0.15) is 13.3 Å². The Labute approximate surface area is 103 Å². The Balaban J connectivity index is 2.65. The quantitative estimate of drug-likeness (QED) is 0.598. The monoisotopic (exact) mass is 255 g/mol. The van der Waals surface area contributed by atoms with Crippen LogP contribution in [-0.4, -0.2) is 23.9 Å². The van der Waals surface area contributed by atoms with Gasteiger partial charge in [0, 0.05) is 19.5 Å². The van der Waals surface area contributed by atoms with Crippen molar-refractivity contribution in [3.05, 3.63) is 34.1 Å². The van der Waals surface area contributed by atoms with Gasteiger partial charge in [-0.2, -0.15) is 4.39 Å². The average molecular weight is 255 g/mol. The summed E-state index contributed by atoms with van der Waals surface area (Å²) in [6, 6.07) is 3.79. The van der Waals surface area contributed by atoms with Crippen LogP contribution in [0.2, 0.25) is 0 Å². The number of hydrogen-bond acceptors (Lipinski definition) is 4. The summed E-state index contributed by atoms with van der Waals surface area (Å²) in [6.07, 6.45) is 0.168. The molecule has 0 radical (unpaired) electrons. The van der Waals surface area contributed by atoms with Crippen molar-refractivity contribution in [3.63, 3.8) is 0 Å². The molecule has 7 heteroatoms. The Kier molecular flexibility index (Phi) is 5.04. The van der Waals surface area contributed by atoms with Crippen LogP contribution in [0.15, 0.2) is 18.2 Å². The number of carbonyl (C=O) groups is 1. The van der Waals surface area contributed by atoms with Gasteiger partial charge in [-0.3, -0.25) is 14.9 Å². The smallest absolute Gasteiger partial charge is 0.327 e. The number of nitrogens with one attached hydrogen (secondary N) is 2. The molecular formula is C11H14FN3O3. The van der Waals surface area contributed by atoms with E-state index in [0.29, 0.717) is 6.54 Å². The zero-order valence-corrected chi connectivity index (χ0v) is 9.90. The van der Waals surface area contributed by atoms with E-state index in [9.17, 15) is 19.3 Å². The number of amides is 1. The highest BCUT2D eigenvalue weighted by molar-refractivity contribution is 5.76. The third-order valence-corrected chi connectivity index (χ3v) is 2.21. The molecule has 0 heterocycles. The minimum absolute atomic E-state index is 0.0734. The Bertz CT molecular complexity index is 451. The standard InChI is InChI=1S/C11H14FN3O3/c1-2-13-10(16)6-7-14-9-5-3-4-8(12)11(9)15(17)18/h3-5,14H,2,6-7H2,1H3,(H,13,16). The summed E-state index contributed by atoms with van der Waals surface area (Å²) in [5, 5.41) is 16.0. The van der Waals surface area contributed by atoms with Crippen LogP contribution in [0.25, 0.3) is 0 Å². The minimum Gasteiger partial charge on any atom is -0.379 e. The first-order valence-electron chi connectivity index (χ1n) is 5.49. The van der Waals surface area contributed by atoms with Crippen molar-refractivity contribution in [2.24, 2.45) is 0 Å². The van der Waals surface area contributed by atoms with Crippen molar-refractivity contribution < 1.29 is 14.1 Å². The maximum atomic E-state index is 13.2. The number of nitro groups is 1. The Morgan fingerprint density at radius 3 is 2.83 bits per heavy atom. The first kappa shape index (κ1) is 13.9. The second-order valence-corrected chi connectivity index (χ2v) is 3.52. The second-order valence-electron chi connectivity index (χ2n) is 3.52. The SMILES string of the molecule is CCNC(=O)CCNc1cccc(F)c1[N+](=O)[O-]. The number of nitro benzene ring substituents is 1. The largest absolute Gasteiger partial charge is 0.379 e. The maximum absolute atomic E-state index is 13.2. The zero-order chi connectivity index (χ0) is 13.5. The summed E-state index contributed by atoms with van der Waals surface area (Å²) in [6.45, 7) is 2.53. The van der Waals surface area contributed by atoms with Crippen molar-refractivity contribution >= 4 is 17.3 Å². The van der Waals surface area contributed by atoms with Crippen LogP contribution in [0, 0.1) is 15.9 Å². The summed E-state index contributed by atoms with van der Waals surface area (Å²) in [7, 11) is 0. The van der Waals surface area contributed by atoms with Gasteiger partial charge in [0.2, 0.25) is 11.7 Å². The highest BCUT2D eigenvalue weighted by Gasteiger charge is 2.19. The molecule has 98 valence electrons. The third kappa shape index (κ3) is 3.69. The van der Waals surface area contributed by atoms with Crippen molar-refractivity contribution in [2.75, 3.05) is 18.4 Å². The van der Waals surface area contributed by atoms with E-state index < -0.39 is 16.4 Å². The molecule has 1 amide bonds. The van der Waals surface area contributed by atoms with Gasteiger partial charge in [0.25, 0.3) is 0 Å². The highest BCUT2D eigenvalue weighted by atomic mass is 19.1. The Hall–Kier alpha value is -2.18. The number of nitrogens with zero attached hydrogens (tertiary/aromatic N) is 1. The van der Waals surface area contributed by atoms with E-state index in [4.69, 9.17) is 0 Å². The number of hydrogen-bond donors (Lipinski definition) is 2. The lowest BCUT2D eigenvalue weighted by atomic mass is 10.2. The van der Waals surface area contributed by atoms with Crippen LogP contribution in [0.5, 0.6) is 0 Å². The number of benzene rings is 1. The molecule has 18 heavy (non-hydrogen) atoms. The van der Waals surface area contributed by atoms with Crippen molar-refractivity contribution in [1.82, 2.24) is 5.32 Å². The van der Waals surface area contributed by atoms with Gasteiger partial charge in [0.15, 0.2) is 0 Å². The topological polar surface area (TPSA) is 84.3 Å². The predicted molar refractivity (Wildman–Crippen MR) is 64.8 cm³/mol. The van der Waals surface area contributed by atoms with Gasteiger partial charge in [-0.05, 0) is 19.1 Å². The molecule has 1 aromatic carbocycles. The van der Waals surface area contributed by atoms with Crippen LogP contribution in [0.4, 0.5) is 15.8 Å². The normalized spacial score (nSPS) is 9.89. The zero-order valence-electron chi connectivity index (χ0n) is 9.90. The van der Waals surface area contributed by atoms with Gasteiger partial charge < -0.3 is 10.6 Å². The first-order valence-corrected chi connectivity index (χ1v) is 5.49. The van der Waals surface area contributed by atoms with Gasteiger partial charge in [-0.15, -0.1) is 0 Å². The molecule has 0 saturated heterocycles. The summed E-state index contributed by atoms with van der Waals surface area (Å²) in [4.78, 5) is 21.1. The van der Waals surface area contributed by atoms with E-state index in [1.54, 1.807) is 6.92 Å². The summed E-state index contributed by atoms with van der Waals surface area (Å²) >= 11 is 0. The highest BCUT2D eigenvalue weighted by Crippen LogP contribution is 2.26. The molecule has 0 aliphatic heterocycles. The molecule has 0 aliphatic carbocycles. The number of rotatable bonds is 6.